The molecule has 2 fully saturated rings. The molecular weight excluding hydrogens is 316 g/mol. The number of benzene rings is 1. The van der Waals surface area contributed by atoms with Crippen molar-refractivity contribution in [3.05, 3.63) is 36.5 Å². The van der Waals surface area contributed by atoms with E-state index in [0.717, 1.165) is 29.8 Å². The quantitative estimate of drug-likeness (QED) is 0.900. The van der Waals surface area contributed by atoms with Crippen molar-refractivity contribution in [2.24, 2.45) is 5.92 Å². The van der Waals surface area contributed by atoms with E-state index in [1.165, 1.54) is 12.8 Å². The molecule has 1 atom stereocenters. The van der Waals surface area contributed by atoms with Crippen molar-refractivity contribution < 1.29 is 9.59 Å². The lowest BCUT2D eigenvalue weighted by atomic mass is 10.1. The van der Waals surface area contributed by atoms with Gasteiger partial charge in [-0.3, -0.25) is 14.7 Å². The first-order chi connectivity index (χ1) is 12.2. The van der Waals surface area contributed by atoms with Crippen LogP contribution < -0.4 is 5.32 Å². The Hall–Kier alpha value is -2.63. The van der Waals surface area contributed by atoms with E-state index in [4.69, 9.17) is 0 Å². The molecule has 1 aromatic heterocycles. The molecule has 0 spiro atoms. The summed E-state index contributed by atoms with van der Waals surface area (Å²) >= 11 is 0. The molecule has 0 unspecified atom stereocenters. The van der Waals surface area contributed by atoms with Gasteiger partial charge in [0, 0.05) is 36.5 Å². The molecule has 1 aromatic carbocycles. The van der Waals surface area contributed by atoms with Gasteiger partial charge in [0.1, 0.15) is 0 Å². The first-order valence-corrected chi connectivity index (χ1v) is 8.91. The fourth-order valence-corrected chi connectivity index (χ4v) is 3.90. The zero-order valence-corrected chi connectivity index (χ0v) is 14.1. The number of rotatable bonds is 4. The Morgan fingerprint density at radius 2 is 2.08 bits per heavy atom. The third-order valence-corrected chi connectivity index (χ3v) is 5.24. The maximum absolute atomic E-state index is 12.6. The standard InChI is InChI=1S/C19H22N4O2/c24-18-11-14(12-23(18)16-6-1-2-7-16)19(25)21-15-5-3-4-13(10-15)17-8-9-20-22-17/h3-5,8-10,14,16H,1-2,6-7,11-12H2,(H,20,22)(H,21,25)/t14-/m0/s1. The second kappa shape index (κ2) is 6.70. The summed E-state index contributed by atoms with van der Waals surface area (Å²) in [6.45, 7) is 0.551. The third-order valence-electron chi connectivity index (χ3n) is 5.24. The average Bonchev–Trinajstić information content (AvgIpc) is 3.36. The fourth-order valence-electron chi connectivity index (χ4n) is 3.90. The summed E-state index contributed by atoms with van der Waals surface area (Å²) in [6, 6.07) is 9.87. The van der Waals surface area contributed by atoms with Gasteiger partial charge in [0.25, 0.3) is 0 Å². The van der Waals surface area contributed by atoms with Crippen molar-refractivity contribution in [3.8, 4) is 11.3 Å². The van der Waals surface area contributed by atoms with Crippen molar-refractivity contribution >= 4 is 17.5 Å². The third kappa shape index (κ3) is 3.29. The predicted molar refractivity (Wildman–Crippen MR) is 94.7 cm³/mol. The van der Waals surface area contributed by atoms with E-state index in [1.807, 2.05) is 35.2 Å². The van der Waals surface area contributed by atoms with Crippen LogP contribution in [-0.4, -0.2) is 39.5 Å². The predicted octanol–water partition coefficient (Wildman–Crippen LogP) is 2.81. The zero-order valence-electron chi connectivity index (χ0n) is 14.1. The van der Waals surface area contributed by atoms with Gasteiger partial charge in [-0.05, 0) is 31.0 Å². The average molecular weight is 338 g/mol. The lowest BCUT2D eigenvalue weighted by molar-refractivity contribution is -0.129. The Labute approximate surface area is 146 Å². The lowest BCUT2D eigenvalue weighted by Crippen LogP contribution is -2.35. The molecular formula is C19H22N4O2. The molecule has 2 amide bonds. The summed E-state index contributed by atoms with van der Waals surface area (Å²) in [7, 11) is 0. The molecule has 2 N–H and O–H groups in total. The molecule has 2 aromatic rings. The van der Waals surface area contributed by atoms with Crippen molar-refractivity contribution in [1.82, 2.24) is 15.1 Å². The Morgan fingerprint density at radius 3 is 2.84 bits per heavy atom. The summed E-state index contributed by atoms with van der Waals surface area (Å²) in [5.74, 6) is -0.210. The SMILES string of the molecule is O=C(Nc1cccc(-c2ccn[nH]2)c1)[C@H]1CC(=O)N(C2CCCC2)C1. The van der Waals surface area contributed by atoms with Gasteiger partial charge in [-0.25, -0.2) is 0 Å². The first-order valence-electron chi connectivity index (χ1n) is 8.91. The number of hydrogen-bond acceptors (Lipinski definition) is 3. The van der Waals surface area contributed by atoms with Gasteiger partial charge in [0.15, 0.2) is 0 Å². The second-order valence-corrected chi connectivity index (χ2v) is 6.93. The van der Waals surface area contributed by atoms with E-state index in [-0.39, 0.29) is 17.7 Å². The van der Waals surface area contributed by atoms with Crippen LogP contribution in [0.3, 0.4) is 0 Å². The molecule has 2 heterocycles. The minimum absolute atomic E-state index is 0.0735. The summed E-state index contributed by atoms with van der Waals surface area (Å²) in [5.41, 5.74) is 2.61. The van der Waals surface area contributed by atoms with E-state index >= 15 is 0 Å². The number of hydrogen-bond donors (Lipinski definition) is 2. The molecule has 1 saturated carbocycles. The van der Waals surface area contributed by atoms with Gasteiger partial charge in [0.2, 0.25) is 11.8 Å². The minimum atomic E-state index is -0.260. The number of amides is 2. The zero-order chi connectivity index (χ0) is 17.2. The molecule has 4 rings (SSSR count). The smallest absolute Gasteiger partial charge is 0.229 e. The Kier molecular flexibility index (Phi) is 4.26. The van der Waals surface area contributed by atoms with Gasteiger partial charge in [0.05, 0.1) is 11.6 Å². The highest BCUT2D eigenvalue weighted by Gasteiger charge is 2.38. The number of nitrogens with zero attached hydrogens (tertiary/aromatic N) is 2. The molecule has 6 heteroatoms. The largest absolute Gasteiger partial charge is 0.339 e. The summed E-state index contributed by atoms with van der Waals surface area (Å²) in [6.07, 6.45) is 6.54. The lowest BCUT2D eigenvalue weighted by Gasteiger charge is -2.23. The van der Waals surface area contributed by atoms with Crippen molar-refractivity contribution in [3.63, 3.8) is 0 Å². The molecule has 130 valence electrons. The number of aromatic nitrogens is 2. The molecule has 0 radical (unpaired) electrons. The van der Waals surface area contributed by atoms with Crippen LogP contribution in [0, 0.1) is 5.92 Å². The Morgan fingerprint density at radius 1 is 1.24 bits per heavy atom. The van der Waals surface area contributed by atoms with Gasteiger partial charge in [-0.2, -0.15) is 5.10 Å². The molecule has 1 saturated heterocycles. The molecule has 2 aliphatic rings. The van der Waals surface area contributed by atoms with Crippen LogP contribution in [0.5, 0.6) is 0 Å². The monoisotopic (exact) mass is 338 g/mol. The first kappa shape index (κ1) is 15.9. The van der Waals surface area contributed by atoms with E-state index in [1.54, 1.807) is 6.20 Å². The number of anilines is 1. The van der Waals surface area contributed by atoms with Crippen LogP contribution >= 0.6 is 0 Å². The van der Waals surface area contributed by atoms with E-state index < -0.39 is 0 Å². The van der Waals surface area contributed by atoms with Crippen molar-refractivity contribution in [2.45, 2.75) is 38.1 Å². The van der Waals surface area contributed by atoms with Crippen LogP contribution in [0.4, 0.5) is 5.69 Å². The number of carbonyl (C=O) groups is 2. The van der Waals surface area contributed by atoms with Crippen molar-refractivity contribution in [1.29, 1.82) is 0 Å². The number of likely N-dealkylation sites (tertiary alicyclic amines) is 1. The summed E-state index contributed by atoms with van der Waals surface area (Å²) in [4.78, 5) is 26.8. The topological polar surface area (TPSA) is 78.1 Å². The molecule has 1 aliphatic heterocycles. The van der Waals surface area contributed by atoms with Gasteiger partial charge in [-0.15, -0.1) is 0 Å². The fraction of sp³-hybridized carbons (Fsp3) is 0.421. The van der Waals surface area contributed by atoms with Gasteiger partial charge >= 0.3 is 0 Å². The molecule has 6 nitrogen and oxygen atoms in total. The highest BCUT2D eigenvalue weighted by atomic mass is 16.2. The summed E-state index contributed by atoms with van der Waals surface area (Å²) in [5, 5.41) is 9.83. The normalized spacial score (nSPS) is 21.0. The maximum Gasteiger partial charge on any atom is 0.229 e. The van der Waals surface area contributed by atoms with E-state index in [9.17, 15) is 9.59 Å². The van der Waals surface area contributed by atoms with Gasteiger partial charge in [-0.1, -0.05) is 25.0 Å². The second-order valence-electron chi connectivity index (χ2n) is 6.93. The highest BCUT2D eigenvalue weighted by Crippen LogP contribution is 2.30. The van der Waals surface area contributed by atoms with Crippen LogP contribution in [0.25, 0.3) is 11.3 Å². The van der Waals surface area contributed by atoms with Crippen LogP contribution in [-0.2, 0) is 9.59 Å². The van der Waals surface area contributed by atoms with E-state index in [0.29, 0.717) is 19.0 Å². The Bertz CT molecular complexity index is 765. The summed E-state index contributed by atoms with van der Waals surface area (Å²) < 4.78 is 0. The van der Waals surface area contributed by atoms with Crippen LogP contribution in [0.15, 0.2) is 36.5 Å². The number of nitrogens with one attached hydrogen (secondary N) is 2. The Balaban J connectivity index is 1.42. The van der Waals surface area contributed by atoms with E-state index in [2.05, 4.69) is 15.5 Å². The number of aromatic amines is 1. The number of H-pyrrole nitrogens is 1. The number of carbonyl (C=O) groups excluding carboxylic acids is 2. The highest BCUT2D eigenvalue weighted by molar-refractivity contribution is 5.97. The minimum Gasteiger partial charge on any atom is -0.339 e. The maximum atomic E-state index is 12.6. The van der Waals surface area contributed by atoms with Gasteiger partial charge < -0.3 is 10.2 Å². The molecule has 1 aliphatic carbocycles. The molecule has 25 heavy (non-hydrogen) atoms. The molecule has 0 bridgehead atoms. The van der Waals surface area contributed by atoms with Crippen LogP contribution in [0.2, 0.25) is 0 Å². The van der Waals surface area contributed by atoms with Crippen molar-refractivity contribution in [2.75, 3.05) is 11.9 Å². The van der Waals surface area contributed by atoms with Crippen LogP contribution in [0.1, 0.15) is 32.1 Å².